The maximum atomic E-state index is 14.1. The fourth-order valence-electron chi connectivity index (χ4n) is 7.38. The number of aromatic nitrogens is 2. The highest BCUT2D eigenvalue weighted by Crippen LogP contribution is 2.47. The molecule has 1 atom stereocenters. The van der Waals surface area contributed by atoms with E-state index in [1.54, 1.807) is 17.0 Å². The second kappa shape index (κ2) is 12.1. The number of halogens is 1. The highest BCUT2D eigenvalue weighted by Gasteiger charge is 2.46. The van der Waals surface area contributed by atoms with Crippen molar-refractivity contribution in [2.45, 2.75) is 64.1 Å². The summed E-state index contributed by atoms with van der Waals surface area (Å²) in [4.78, 5) is 41.7. The van der Waals surface area contributed by atoms with E-state index in [0.717, 1.165) is 83.9 Å². The molecular weight excluding hydrogens is 699 g/mol. The number of phenols is 1. The van der Waals surface area contributed by atoms with Gasteiger partial charge in [0.25, 0.3) is 5.91 Å². The number of primary amides is 1. The van der Waals surface area contributed by atoms with Gasteiger partial charge >= 0.3 is 6.01 Å². The zero-order valence-corrected chi connectivity index (χ0v) is 28.3. The van der Waals surface area contributed by atoms with Gasteiger partial charge in [0.2, 0.25) is 5.91 Å². The maximum Gasteiger partial charge on any atom is 0.318 e. The standard InChI is InChI=1S/C34H41IN6O5/c1-33(45)8-3-11-40(18-33)30-25-16-41(31(44)24-15-23(42)14-22-4-2-5-26(35)28(22)24)17-27(25)37-32(38-30)46-20-34(9-10-34)19-39-12-6-21(7-13-39)29(36)43/h2,4-5,14-15,21,42,45H,3,6-13,16-20H2,1H3,(H2,36,43)/t33-/m1/s1. The molecule has 4 N–H and O–H groups in total. The summed E-state index contributed by atoms with van der Waals surface area (Å²) in [5, 5.41) is 23.0. The number of hydrogen-bond donors (Lipinski definition) is 3. The van der Waals surface area contributed by atoms with Gasteiger partial charge in [-0.05, 0) is 105 Å². The van der Waals surface area contributed by atoms with Crippen molar-refractivity contribution >= 4 is 51.0 Å². The van der Waals surface area contributed by atoms with Crippen LogP contribution in [0.25, 0.3) is 10.8 Å². The smallest absolute Gasteiger partial charge is 0.318 e. The Morgan fingerprint density at radius 3 is 2.61 bits per heavy atom. The minimum atomic E-state index is -0.845. The van der Waals surface area contributed by atoms with Crippen LogP contribution < -0.4 is 15.4 Å². The van der Waals surface area contributed by atoms with Crippen LogP contribution in [0.15, 0.2) is 30.3 Å². The summed E-state index contributed by atoms with van der Waals surface area (Å²) >= 11 is 2.23. The number of β-amino-alcohol motifs (C(OH)–C–C–N with tert-alkyl or cyclic N) is 1. The number of carbonyl (C=O) groups excluding carboxylic acids is 2. The molecule has 11 nitrogen and oxygen atoms in total. The molecule has 1 aromatic heterocycles. The predicted octanol–water partition coefficient (Wildman–Crippen LogP) is 3.80. The monoisotopic (exact) mass is 740 g/mol. The van der Waals surface area contributed by atoms with Gasteiger partial charge in [0.1, 0.15) is 11.6 Å². The van der Waals surface area contributed by atoms with E-state index >= 15 is 0 Å². The summed E-state index contributed by atoms with van der Waals surface area (Å²) in [6.07, 6.45) is 5.27. The van der Waals surface area contributed by atoms with Crippen LogP contribution >= 0.6 is 22.6 Å². The molecule has 12 heteroatoms. The molecule has 4 heterocycles. The van der Waals surface area contributed by atoms with Crippen molar-refractivity contribution in [3.63, 3.8) is 0 Å². The fraction of sp³-hybridized carbons (Fsp3) is 0.529. The first kappa shape index (κ1) is 31.4. The summed E-state index contributed by atoms with van der Waals surface area (Å²) in [6, 6.07) is 9.29. The number of aromatic hydroxyl groups is 1. The third-order valence-electron chi connectivity index (χ3n) is 10.2. The summed E-state index contributed by atoms with van der Waals surface area (Å²) in [7, 11) is 0. The molecule has 244 valence electrons. The van der Waals surface area contributed by atoms with Crippen LogP contribution in [0.2, 0.25) is 0 Å². The summed E-state index contributed by atoms with van der Waals surface area (Å²) < 4.78 is 7.30. The predicted molar refractivity (Wildman–Crippen MR) is 182 cm³/mol. The van der Waals surface area contributed by atoms with Crippen LogP contribution in [0.5, 0.6) is 11.8 Å². The molecule has 3 fully saturated rings. The van der Waals surface area contributed by atoms with E-state index in [4.69, 9.17) is 20.4 Å². The Bertz CT molecular complexity index is 1690. The number of likely N-dealkylation sites (tertiary alicyclic amines) is 1. The molecule has 1 saturated carbocycles. The number of aliphatic hydroxyl groups is 1. The lowest BCUT2D eigenvalue weighted by atomic mass is 9.95. The van der Waals surface area contributed by atoms with E-state index < -0.39 is 5.60 Å². The number of nitrogens with zero attached hydrogens (tertiary/aromatic N) is 5. The lowest BCUT2D eigenvalue weighted by molar-refractivity contribution is -0.123. The molecule has 0 spiro atoms. The van der Waals surface area contributed by atoms with E-state index in [0.29, 0.717) is 50.1 Å². The normalized spacial score (nSPS) is 23.0. The van der Waals surface area contributed by atoms with Crippen LogP contribution in [0.4, 0.5) is 5.82 Å². The number of rotatable bonds is 8. The van der Waals surface area contributed by atoms with Crippen LogP contribution in [0, 0.1) is 14.9 Å². The van der Waals surface area contributed by atoms with Crippen molar-refractivity contribution < 1.29 is 24.5 Å². The number of hydrogen-bond acceptors (Lipinski definition) is 9. The fourth-order valence-corrected chi connectivity index (χ4v) is 8.19. The number of fused-ring (bicyclic) bond motifs is 2. The number of benzene rings is 2. The second-order valence-corrected chi connectivity index (χ2v) is 15.2. The molecule has 7 rings (SSSR count). The highest BCUT2D eigenvalue weighted by atomic mass is 127. The SMILES string of the molecule is C[C@@]1(O)CCCN(c2nc(OCC3(CN4CCC(C(N)=O)CC4)CC3)nc3c2CN(C(=O)c2cc(O)cc4cccc(I)c24)C3)C1. The van der Waals surface area contributed by atoms with E-state index in [2.05, 4.69) is 32.4 Å². The van der Waals surface area contributed by atoms with Crippen molar-refractivity contribution in [3.05, 3.63) is 50.7 Å². The maximum absolute atomic E-state index is 14.1. The van der Waals surface area contributed by atoms with Gasteiger partial charge in [-0.25, -0.2) is 0 Å². The molecule has 0 bridgehead atoms. The number of anilines is 1. The lowest BCUT2D eigenvalue weighted by Gasteiger charge is -2.38. The number of piperidine rings is 2. The molecule has 0 unspecified atom stereocenters. The molecule has 2 amide bonds. The van der Waals surface area contributed by atoms with Crippen LogP contribution in [-0.4, -0.2) is 86.7 Å². The first-order valence-electron chi connectivity index (χ1n) is 16.2. The van der Waals surface area contributed by atoms with Crippen molar-refractivity contribution in [3.8, 4) is 11.8 Å². The zero-order valence-electron chi connectivity index (χ0n) is 26.2. The third-order valence-corrected chi connectivity index (χ3v) is 11.1. The minimum absolute atomic E-state index is 0.0298. The largest absolute Gasteiger partial charge is 0.508 e. The van der Waals surface area contributed by atoms with E-state index in [1.807, 2.05) is 25.1 Å². The summed E-state index contributed by atoms with van der Waals surface area (Å²) in [6.45, 7) is 6.78. The number of phenolic OH excluding ortho intramolecular Hbond substituents is 1. The summed E-state index contributed by atoms with van der Waals surface area (Å²) in [5.41, 5.74) is 6.79. The first-order valence-corrected chi connectivity index (χ1v) is 17.3. The Kier molecular flexibility index (Phi) is 8.25. The molecule has 2 saturated heterocycles. The average molecular weight is 741 g/mol. The Labute approximate surface area is 282 Å². The van der Waals surface area contributed by atoms with Gasteiger partial charge in [-0.3, -0.25) is 9.59 Å². The van der Waals surface area contributed by atoms with Crippen LogP contribution in [0.3, 0.4) is 0 Å². The van der Waals surface area contributed by atoms with Crippen molar-refractivity contribution in [1.82, 2.24) is 19.8 Å². The van der Waals surface area contributed by atoms with Crippen molar-refractivity contribution in [2.24, 2.45) is 17.1 Å². The molecule has 3 aliphatic heterocycles. The highest BCUT2D eigenvalue weighted by molar-refractivity contribution is 14.1. The van der Waals surface area contributed by atoms with Gasteiger partial charge < -0.3 is 35.4 Å². The molecule has 2 aromatic carbocycles. The lowest BCUT2D eigenvalue weighted by Crippen LogP contribution is -2.47. The molecular formula is C34H41IN6O5. The molecule has 4 aliphatic rings. The van der Waals surface area contributed by atoms with Crippen LogP contribution in [-0.2, 0) is 17.9 Å². The van der Waals surface area contributed by atoms with Gasteiger partial charge in [-0.15, -0.1) is 0 Å². The van der Waals surface area contributed by atoms with Crippen molar-refractivity contribution in [2.75, 3.05) is 44.2 Å². The van der Waals surface area contributed by atoms with Gasteiger partial charge in [0.05, 0.1) is 36.6 Å². The Hall–Kier alpha value is -3.23. The Balaban J connectivity index is 1.13. The first-order chi connectivity index (χ1) is 22.0. The molecule has 3 aromatic rings. The topological polar surface area (TPSA) is 145 Å². The van der Waals surface area contributed by atoms with E-state index in [1.165, 1.54) is 0 Å². The number of amides is 2. The quantitative estimate of drug-likeness (QED) is 0.294. The van der Waals surface area contributed by atoms with Gasteiger partial charge in [0, 0.05) is 45.5 Å². The summed E-state index contributed by atoms with van der Waals surface area (Å²) in [5.74, 6) is 0.350. The number of carbonyl (C=O) groups is 2. The molecule has 46 heavy (non-hydrogen) atoms. The third kappa shape index (κ3) is 6.35. The second-order valence-electron chi connectivity index (χ2n) is 14.0. The molecule has 0 radical (unpaired) electrons. The van der Waals surface area contributed by atoms with E-state index in [-0.39, 0.29) is 28.9 Å². The van der Waals surface area contributed by atoms with Crippen LogP contribution in [0.1, 0.15) is 67.1 Å². The zero-order chi connectivity index (χ0) is 32.2. The van der Waals surface area contributed by atoms with E-state index in [9.17, 15) is 19.8 Å². The number of ether oxygens (including phenoxy) is 1. The minimum Gasteiger partial charge on any atom is -0.508 e. The van der Waals surface area contributed by atoms with Gasteiger partial charge in [-0.1, -0.05) is 12.1 Å². The Morgan fingerprint density at radius 2 is 1.89 bits per heavy atom. The van der Waals surface area contributed by atoms with Gasteiger partial charge in [0.15, 0.2) is 0 Å². The Morgan fingerprint density at radius 1 is 1.11 bits per heavy atom. The average Bonchev–Trinajstić information content (AvgIpc) is 3.64. The number of nitrogens with two attached hydrogens (primary N) is 1. The molecule has 1 aliphatic carbocycles. The van der Waals surface area contributed by atoms with Gasteiger partial charge in [-0.2, -0.15) is 9.97 Å². The van der Waals surface area contributed by atoms with Crippen molar-refractivity contribution in [1.29, 1.82) is 0 Å².